The molecule has 2 amide bonds. The Labute approximate surface area is 277 Å². The number of amides is 2. The van der Waals surface area contributed by atoms with Gasteiger partial charge in [0, 0.05) is 34.0 Å². The van der Waals surface area contributed by atoms with Crippen molar-refractivity contribution >= 4 is 51.7 Å². The van der Waals surface area contributed by atoms with E-state index in [0.717, 1.165) is 33.2 Å². The highest BCUT2D eigenvalue weighted by Gasteiger charge is 2.41. The van der Waals surface area contributed by atoms with Crippen LogP contribution >= 0.6 is 23.2 Å². The topological polar surface area (TPSA) is 76.0 Å². The zero-order valence-electron chi connectivity index (χ0n) is 24.8. The highest BCUT2D eigenvalue weighted by atomic mass is 35.5. The van der Waals surface area contributed by atoms with Crippen molar-refractivity contribution < 1.29 is 9.59 Å². The molecule has 0 radical (unpaired) electrons. The number of fused-ring (bicyclic) bond motifs is 1. The fraction of sp³-hybridized carbons (Fsp3) is 0.132. The van der Waals surface area contributed by atoms with Crippen LogP contribution in [0.3, 0.4) is 0 Å². The van der Waals surface area contributed by atoms with Crippen LogP contribution in [-0.2, 0) is 15.1 Å². The van der Waals surface area contributed by atoms with Gasteiger partial charge < -0.3 is 10.6 Å². The maximum atomic E-state index is 13.7. The largest absolute Gasteiger partial charge is 0.355 e. The Kier molecular flexibility index (Phi) is 8.07. The van der Waals surface area contributed by atoms with Gasteiger partial charge in [0.15, 0.2) is 5.82 Å². The first-order chi connectivity index (χ1) is 22.5. The molecule has 0 bridgehead atoms. The normalized spacial score (nSPS) is 15.0. The Morgan fingerprint density at radius 2 is 1.35 bits per heavy atom. The van der Waals surface area contributed by atoms with E-state index in [2.05, 4.69) is 47.0 Å². The van der Waals surface area contributed by atoms with Crippen LogP contribution in [-0.4, -0.2) is 28.1 Å². The SMILES string of the molecule is O=C1CCC(C(=O)Nc2nn(C(c3ccccc3)(c3ccccc3)c3ccccc3)c3ccc(-c4c(Cl)cccc4Cl)cc23)CN1. The molecule has 8 heteroatoms. The van der Waals surface area contributed by atoms with Crippen LogP contribution < -0.4 is 10.6 Å². The zero-order valence-corrected chi connectivity index (χ0v) is 26.3. The van der Waals surface area contributed by atoms with E-state index in [1.807, 2.05) is 95.7 Å². The van der Waals surface area contributed by atoms with E-state index in [0.29, 0.717) is 34.3 Å². The molecule has 228 valence electrons. The molecule has 2 N–H and O–H groups in total. The van der Waals surface area contributed by atoms with Crippen molar-refractivity contribution in [3.63, 3.8) is 0 Å². The van der Waals surface area contributed by atoms with Gasteiger partial charge in [0.2, 0.25) is 11.8 Å². The van der Waals surface area contributed by atoms with Crippen LogP contribution in [0.4, 0.5) is 5.82 Å². The highest BCUT2D eigenvalue weighted by molar-refractivity contribution is 6.39. The van der Waals surface area contributed by atoms with Crippen LogP contribution in [0.25, 0.3) is 22.0 Å². The molecule has 1 aliphatic heterocycles. The van der Waals surface area contributed by atoms with Crippen molar-refractivity contribution in [3.05, 3.63) is 154 Å². The predicted molar refractivity (Wildman–Crippen MR) is 184 cm³/mol. The number of halogens is 2. The fourth-order valence-corrected chi connectivity index (χ4v) is 7.09. The molecule has 5 aromatic carbocycles. The quantitative estimate of drug-likeness (QED) is 0.172. The van der Waals surface area contributed by atoms with Crippen molar-refractivity contribution in [2.45, 2.75) is 18.4 Å². The first-order valence-electron chi connectivity index (χ1n) is 15.2. The molecule has 1 saturated heterocycles. The minimum Gasteiger partial charge on any atom is -0.355 e. The molecule has 1 fully saturated rings. The summed E-state index contributed by atoms with van der Waals surface area (Å²) < 4.78 is 2.01. The molecule has 0 spiro atoms. The van der Waals surface area contributed by atoms with E-state index in [-0.39, 0.29) is 24.3 Å². The maximum Gasteiger partial charge on any atom is 0.230 e. The van der Waals surface area contributed by atoms with Crippen LogP contribution in [0.15, 0.2) is 127 Å². The highest BCUT2D eigenvalue weighted by Crippen LogP contribution is 2.45. The van der Waals surface area contributed by atoms with E-state index >= 15 is 0 Å². The summed E-state index contributed by atoms with van der Waals surface area (Å²) >= 11 is 13.3. The number of carbonyl (C=O) groups is 2. The summed E-state index contributed by atoms with van der Waals surface area (Å²) in [4.78, 5) is 25.5. The fourth-order valence-electron chi connectivity index (χ4n) is 6.48. The minimum atomic E-state index is -0.909. The van der Waals surface area contributed by atoms with Gasteiger partial charge in [-0.15, -0.1) is 0 Å². The number of anilines is 1. The van der Waals surface area contributed by atoms with Gasteiger partial charge in [0.1, 0.15) is 5.54 Å². The van der Waals surface area contributed by atoms with Crippen LogP contribution in [0, 0.1) is 5.92 Å². The number of benzene rings is 5. The lowest BCUT2D eigenvalue weighted by atomic mass is 9.77. The molecule has 0 aliphatic carbocycles. The Morgan fingerprint density at radius 3 is 1.87 bits per heavy atom. The maximum absolute atomic E-state index is 13.7. The molecule has 1 aliphatic rings. The summed E-state index contributed by atoms with van der Waals surface area (Å²) in [6, 6.07) is 42.2. The monoisotopic (exact) mass is 644 g/mol. The summed E-state index contributed by atoms with van der Waals surface area (Å²) in [5, 5.41) is 13.0. The first kappa shape index (κ1) is 29.8. The molecule has 0 saturated carbocycles. The van der Waals surface area contributed by atoms with Gasteiger partial charge in [-0.1, -0.05) is 126 Å². The Bertz CT molecular complexity index is 1920. The van der Waals surface area contributed by atoms with E-state index in [9.17, 15) is 9.59 Å². The number of hydrogen-bond donors (Lipinski definition) is 2. The smallest absolute Gasteiger partial charge is 0.230 e. The number of nitrogens with one attached hydrogen (secondary N) is 2. The Balaban J connectivity index is 1.52. The second-order valence-electron chi connectivity index (χ2n) is 11.4. The summed E-state index contributed by atoms with van der Waals surface area (Å²) in [6.45, 7) is 0.284. The van der Waals surface area contributed by atoms with Gasteiger partial charge in [0.25, 0.3) is 0 Å². The summed E-state index contributed by atoms with van der Waals surface area (Å²) in [5.74, 6) is -0.203. The van der Waals surface area contributed by atoms with Crippen LogP contribution in [0.1, 0.15) is 29.5 Å². The van der Waals surface area contributed by atoms with Gasteiger partial charge in [0.05, 0.1) is 11.4 Å². The lowest BCUT2D eigenvalue weighted by Crippen LogP contribution is -2.40. The van der Waals surface area contributed by atoms with Crippen molar-refractivity contribution in [2.75, 3.05) is 11.9 Å². The number of piperidine rings is 1. The van der Waals surface area contributed by atoms with Crippen molar-refractivity contribution in [2.24, 2.45) is 5.92 Å². The van der Waals surface area contributed by atoms with E-state index in [1.165, 1.54) is 0 Å². The molecule has 2 heterocycles. The third-order valence-corrected chi connectivity index (χ3v) is 9.33. The molecule has 1 atom stereocenters. The standard InChI is InChI=1S/C38H30Cl2N4O2/c39-31-17-10-18-32(40)35(31)25-19-21-33-30(23-25)36(42-37(46)26-20-22-34(45)41-24-26)43-44(33)38(27-11-4-1-5-12-27,28-13-6-2-7-14-28)29-15-8-3-9-16-29/h1-19,21,23,26H,20,22,24H2,(H,41,45)(H,42,43,46). The second-order valence-corrected chi connectivity index (χ2v) is 12.2. The lowest BCUT2D eigenvalue weighted by Gasteiger charge is -2.37. The van der Waals surface area contributed by atoms with Gasteiger partial charge >= 0.3 is 0 Å². The van der Waals surface area contributed by atoms with Gasteiger partial charge in [-0.25, -0.2) is 4.68 Å². The Morgan fingerprint density at radius 1 is 0.783 bits per heavy atom. The molecular weight excluding hydrogens is 615 g/mol. The predicted octanol–water partition coefficient (Wildman–Crippen LogP) is 8.32. The minimum absolute atomic E-state index is 0.0431. The second kappa shape index (κ2) is 12.5. The molecule has 6 aromatic rings. The average Bonchev–Trinajstić information content (AvgIpc) is 3.44. The van der Waals surface area contributed by atoms with Crippen molar-refractivity contribution in [1.29, 1.82) is 0 Å². The number of nitrogens with zero attached hydrogens (tertiary/aromatic N) is 2. The van der Waals surface area contributed by atoms with Crippen molar-refractivity contribution in [1.82, 2.24) is 15.1 Å². The third kappa shape index (κ3) is 5.23. The average molecular weight is 646 g/mol. The summed E-state index contributed by atoms with van der Waals surface area (Å²) in [5.41, 5.74) is 4.40. The van der Waals surface area contributed by atoms with Gasteiger partial charge in [-0.05, 0) is 52.9 Å². The first-order valence-corrected chi connectivity index (χ1v) is 15.9. The number of rotatable bonds is 7. The number of aromatic nitrogens is 2. The molecule has 1 unspecified atom stereocenters. The molecular formula is C38H30Cl2N4O2. The van der Waals surface area contributed by atoms with E-state index in [4.69, 9.17) is 28.3 Å². The number of carbonyl (C=O) groups excluding carboxylic acids is 2. The third-order valence-electron chi connectivity index (χ3n) is 8.70. The molecule has 1 aromatic heterocycles. The molecule has 7 rings (SSSR count). The van der Waals surface area contributed by atoms with Crippen LogP contribution in [0.5, 0.6) is 0 Å². The van der Waals surface area contributed by atoms with Crippen molar-refractivity contribution in [3.8, 4) is 11.1 Å². The van der Waals surface area contributed by atoms with Crippen LogP contribution in [0.2, 0.25) is 10.0 Å². The molecule has 6 nitrogen and oxygen atoms in total. The Hall–Kier alpha value is -4.91. The summed E-state index contributed by atoms with van der Waals surface area (Å²) in [7, 11) is 0. The number of hydrogen-bond acceptors (Lipinski definition) is 3. The summed E-state index contributed by atoms with van der Waals surface area (Å²) in [6.07, 6.45) is 0.778. The lowest BCUT2D eigenvalue weighted by molar-refractivity contribution is -0.126. The van der Waals surface area contributed by atoms with Gasteiger partial charge in [-0.3, -0.25) is 9.59 Å². The van der Waals surface area contributed by atoms with E-state index in [1.54, 1.807) is 0 Å². The van der Waals surface area contributed by atoms with E-state index < -0.39 is 5.54 Å². The zero-order chi connectivity index (χ0) is 31.7. The van der Waals surface area contributed by atoms with Gasteiger partial charge in [-0.2, -0.15) is 5.10 Å². The molecule has 46 heavy (non-hydrogen) atoms.